The summed E-state index contributed by atoms with van der Waals surface area (Å²) in [5.74, 6) is -2.05. The Bertz CT molecular complexity index is 729. The van der Waals surface area contributed by atoms with E-state index in [9.17, 15) is 18.8 Å². The Labute approximate surface area is 163 Å². The van der Waals surface area contributed by atoms with Gasteiger partial charge < -0.3 is 15.4 Å². The molecule has 0 unspecified atom stereocenters. The molecule has 8 heteroatoms. The fourth-order valence-electron chi connectivity index (χ4n) is 2.08. The van der Waals surface area contributed by atoms with Gasteiger partial charge in [0.25, 0.3) is 0 Å². The van der Waals surface area contributed by atoms with Crippen LogP contribution in [-0.2, 0) is 19.1 Å². The van der Waals surface area contributed by atoms with Gasteiger partial charge in [-0.1, -0.05) is 23.7 Å². The smallest absolute Gasteiger partial charge is 0.329 e. The maximum atomic E-state index is 13.7. The molecule has 0 saturated heterocycles. The van der Waals surface area contributed by atoms with Crippen molar-refractivity contribution in [1.29, 1.82) is 0 Å². The number of benzene rings is 1. The molecule has 0 aliphatic heterocycles. The molecular formula is C19H24ClFN2O4. The van der Waals surface area contributed by atoms with E-state index in [2.05, 4.69) is 10.6 Å². The van der Waals surface area contributed by atoms with Crippen LogP contribution in [0, 0.1) is 5.82 Å². The lowest BCUT2D eigenvalue weighted by molar-refractivity contribution is -0.158. The van der Waals surface area contributed by atoms with Crippen molar-refractivity contribution in [3.05, 3.63) is 40.7 Å². The molecule has 1 aromatic carbocycles. The second-order valence-electron chi connectivity index (χ2n) is 6.84. The highest BCUT2D eigenvalue weighted by Crippen LogP contribution is 2.18. The second-order valence-corrected chi connectivity index (χ2v) is 7.25. The zero-order valence-electron chi connectivity index (χ0n) is 15.8. The van der Waals surface area contributed by atoms with Gasteiger partial charge in [-0.15, -0.1) is 0 Å². The maximum Gasteiger partial charge on any atom is 0.329 e. The van der Waals surface area contributed by atoms with Crippen molar-refractivity contribution in [2.45, 2.75) is 45.8 Å². The van der Waals surface area contributed by atoms with Crippen molar-refractivity contribution >= 4 is 35.5 Å². The lowest BCUT2D eigenvalue weighted by atomic mass is 10.1. The van der Waals surface area contributed by atoms with E-state index >= 15 is 0 Å². The number of carbonyl (C=O) groups is 3. The van der Waals surface area contributed by atoms with E-state index in [4.69, 9.17) is 16.3 Å². The summed E-state index contributed by atoms with van der Waals surface area (Å²) < 4.78 is 19.0. The fraction of sp³-hybridized carbons (Fsp3) is 0.421. The first-order chi connectivity index (χ1) is 12.5. The van der Waals surface area contributed by atoms with E-state index in [1.165, 1.54) is 25.1 Å². The van der Waals surface area contributed by atoms with E-state index in [0.29, 0.717) is 0 Å². The van der Waals surface area contributed by atoms with Crippen LogP contribution in [-0.4, -0.2) is 36.0 Å². The van der Waals surface area contributed by atoms with Gasteiger partial charge in [0.2, 0.25) is 11.8 Å². The molecule has 0 aromatic heterocycles. The summed E-state index contributed by atoms with van der Waals surface area (Å²) in [7, 11) is 0. The van der Waals surface area contributed by atoms with E-state index in [-0.39, 0.29) is 29.5 Å². The van der Waals surface area contributed by atoms with Gasteiger partial charge in [0.05, 0.1) is 5.02 Å². The molecule has 0 radical (unpaired) electrons. The Morgan fingerprint density at radius 3 is 2.56 bits per heavy atom. The molecule has 2 amide bonds. The minimum atomic E-state index is -0.878. The second kappa shape index (κ2) is 10.1. The van der Waals surface area contributed by atoms with Gasteiger partial charge >= 0.3 is 5.97 Å². The Balaban J connectivity index is 2.59. The molecule has 1 atom stereocenters. The first-order valence-electron chi connectivity index (χ1n) is 8.39. The molecule has 0 bridgehead atoms. The maximum absolute atomic E-state index is 13.7. The molecule has 1 aromatic rings. The molecule has 148 valence electrons. The molecule has 0 fully saturated rings. The van der Waals surface area contributed by atoms with Crippen molar-refractivity contribution in [1.82, 2.24) is 10.6 Å². The van der Waals surface area contributed by atoms with Gasteiger partial charge in [-0.25, -0.2) is 9.18 Å². The largest absolute Gasteiger partial charge is 0.458 e. The molecular weight excluding hydrogens is 375 g/mol. The van der Waals surface area contributed by atoms with Crippen LogP contribution in [0.15, 0.2) is 24.3 Å². The molecule has 1 rings (SSSR count). The number of ether oxygens (including phenoxy) is 1. The lowest BCUT2D eigenvalue weighted by Gasteiger charge is -2.24. The van der Waals surface area contributed by atoms with E-state index in [1.54, 1.807) is 26.8 Å². The van der Waals surface area contributed by atoms with Gasteiger partial charge in [-0.3, -0.25) is 9.59 Å². The van der Waals surface area contributed by atoms with E-state index in [0.717, 1.165) is 6.08 Å². The Hall–Kier alpha value is -2.41. The van der Waals surface area contributed by atoms with Crippen molar-refractivity contribution in [2.24, 2.45) is 0 Å². The van der Waals surface area contributed by atoms with Crippen molar-refractivity contribution in [2.75, 3.05) is 6.54 Å². The SMILES string of the molecule is CC(=O)N[C@@H](CCNC(=O)/C=C/c1cccc(Cl)c1F)C(=O)OC(C)(C)C. The van der Waals surface area contributed by atoms with Crippen LogP contribution in [0.3, 0.4) is 0 Å². The molecule has 2 N–H and O–H groups in total. The van der Waals surface area contributed by atoms with Crippen LogP contribution in [0.25, 0.3) is 6.08 Å². The zero-order valence-corrected chi connectivity index (χ0v) is 16.5. The first kappa shape index (κ1) is 22.6. The average molecular weight is 399 g/mol. The molecule has 0 spiro atoms. The van der Waals surface area contributed by atoms with Crippen molar-refractivity contribution in [3.63, 3.8) is 0 Å². The van der Waals surface area contributed by atoms with Crippen LogP contribution in [0.5, 0.6) is 0 Å². The summed E-state index contributed by atoms with van der Waals surface area (Å²) in [5, 5.41) is 5.03. The zero-order chi connectivity index (χ0) is 20.6. The summed E-state index contributed by atoms with van der Waals surface area (Å²) in [4.78, 5) is 35.3. The number of rotatable bonds is 7. The molecule has 0 aliphatic rings. The molecule has 0 heterocycles. The quantitative estimate of drug-likeness (QED) is 0.546. The third-order valence-corrected chi connectivity index (χ3v) is 3.49. The average Bonchev–Trinajstić information content (AvgIpc) is 2.53. The third kappa shape index (κ3) is 8.68. The van der Waals surface area contributed by atoms with Crippen LogP contribution in [0.2, 0.25) is 5.02 Å². The summed E-state index contributed by atoms with van der Waals surface area (Å²) in [6.07, 6.45) is 2.62. The van der Waals surface area contributed by atoms with Gasteiger partial charge in [-0.2, -0.15) is 0 Å². The molecule has 6 nitrogen and oxygen atoms in total. The number of carbonyl (C=O) groups excluding carboxylic acids is 3. The van der Waals surface area contributed by atoms with Gasteiger partial charge in [-0.05, 0) is 39.3 Å². The van der Waals surface area contributed by atoms with Crippen LogP contribution < -0.4 is 10.6 Å². The Morgan fingerprint density at radius 2 is 1.96 bits per heavy atom. The highest BCUT2D eigenvalue weighted by Gasteiger charge is 2.25. The van der Waals surface area contributed by atoms with Crippen molar-refractivity contribution in [3.8, 4) is 0 Å². The third-order valence-electron chi connectivity index (χ3n) is 3.20. The number of halogens is 2. The Kier molecular flexibility index (Phi) is 8.43. The van der Waals surface area contributed by atoms with Gasteiger partial charge in [0.15, 0.2) is 0 Å². The van der Waals surface area contributed by atoms with E-state index in [1.807, 2.05) is 0 Å². The molecule has 0 saturated carbocycles. The van der Waals surface area contributed by atoms with Crippen LogP contribution in [0.1, 0.15) is 39.7 Å². The predicted molar refractivity (Wildman–Crippen MR) is 102 cm³/mol. The minimum absolute atomic E-state index is 0.0342. The van der Waals surface area contributed by atoms with Gasteiger partial charge in [0.1, 0.15) is 17.5 Å². The lowest BCUT2D eigenvalue weighted by Crippen LogP contribution is -2.45. The fourth-order valence-corrected chi connectivity index (χ4v) is 2.26. The Morgan fingerprint density at radius 1 is 1.30 bits per heavy atom. The molecule has 27 heavy (non-hydrogen) atoms. The first-order valence-corrected chi connectivity index (χ1v) is 8.77. The predicted octanol–water partition coefficient (Wildman–Crippen LogP) is 2.85. The van der Waals surface area contributed by atoms with Crippen molar-refractivity contribution < 1.29 is 23.5 Å². The summed E-state index contributed by atoms with van der Waals surface area (Å²) in [5.41, 5.74) is -0.511. The van der Waals surface area contributed by atoms with Gasteiger partial charge in [0, 0.05) is 25.1 Å². The molecule has 0 aliphatic carbocycles. The number of hydrogen-bond acceptors (Lipinski definition) is 4. The number of nitrogens with one attached hydrogen (secondary N) is 2. The number of hydrogen-bond donors (Lipinski definition) is 2. The summed E-state index contributed by atoms with van der Waals surface area (Å²) >= 11 is 5.68. The normalized spacial score (nSPS) is 12.5. The topological polar surface area (TPSA) is 84.5 Å². The standard InChI is InChI=1S/C19H24ClFN2O4/c1-12(24)23-15(18(26)27-19(2,3)4)10-11-22-16(25)9-8-13-6-5-7-14(20)17(13)21/h5-9,15H,10-11H2,1-4H3,(H,22,25)(H,23,24)/b9-8+/t15-/m0/s1. The highest BCUT2D eigenvalue weighted by atomic mass is 35.5. The number of esters is 1. The summed E-state index contributed by atoms with van der Waals surface area (Å²) in [6, 6.07) is 3.59. The summed E-state index contributed by atoms with van der Waals surface area (Å²) in [6.45, 7) is 6.56. The van der Waals surface area contributed by atoms with E-state index < -0.39 is 29.3 Å². The van der Waals surface area contributed by atoms with Crippen LogP contribution >= 0.6 is 11.6 Å². The number of amides is 2. The van der Waals surface area contributed by atoms with Crippen LogP contribution in [0.4, 0.5) is 4.39 Å². The minimum Gasteiger partial charge on any atom is -0.458 e. The monoisotopic (exact) mass is 398 g/mol. The highest BCUT2D eigenvalue weighted by molar-refractivity contribution is 6.30.